The second kappa shape index (κ2) is 5.98. The minimum atomic E-state index is 0.573. The van der Waals surface area contributed by atoms with Crippen molar-refractivity contribution < 1.29 is 0 Å². The Kier molecular flexibility index (Phi) is 4.06. The molecule has 1 fully saturated rings. The predicted molar refractivity (Wildman–Crippen MR) is 87.8 cm³/mol. The van der Waals surface area contributed by atoms with E-state index in [9.17, 15) is 0 Å². The zero-order chi connectivity index (χ0) is 14.8. The number of hydrogen-bond donors (Lipinski definition) is 1. The first kappa shape index (κ1) is 14.3. The summed E-state index contributed by atoms with van der Waals surface area (Å²) in [6.07, 6.45) is 4.92. The highest BCUT2D eigenvalue weighted by Crippen LogP contribution is 2.27. The topological polar surface area (TPSA) is 41.0 Å². The number of aryl methyl sites for hydroxylation is 1. The largest absolute Gasteiger partial charge is 0.355 e. The first-order valence-electron chi connectivity index (χ1n) is 7.82. The van der Waals surface area contributed by atoms with Gasteiger partial charge in [-0.15, -0.1) is 0 Å². The average Bonchev–Trinajstić information content (AvgIpc) is 2.53. The monoisotopic (exact) mass is 284 g/mol. The van der Waals surface area contributed by atoms with Crippen LogP contribution in [0, 0.1) is 6.92 Å². The molecular weight excluding hydrogens is 260 g/mol. The number of aromatic nitrogens is 2. The zero-order valence-corrected chi connectivity index (χ0v) is 13.1. The Morgan fingerprint density at radius 1 is 1.05 bits per heavy atom. The minimum absolute atomic E-state index is 0.573. The lowest BCUT2D eigenvalue weighted by atomic mass is 9.90. The van der Waals surface area contributed by atoms with Crippen LogP contribution in [0.1, 0.15) is 31.4 Å². The van der Waals surface area contributed by atoms with Crippen molar-refractivity contribution in [3.8, 4) is 0 Å². The molecule has 2 aromatic rings. The third-order valence-electron chi connectivity index (χ3n) is 4.71. The summed E-state index contributed by atoms with van der Waals surface area (Å²) in [5.41, 5.74) is 2.98. The number of para-hydroxylation sites is 2. The van der Waals surface area contributed by atoms with Crippen molar-refractivity contribution in [1.82, 2.24) is 15.3 Å². The van der Waals surface area contributed by atoms with Gasteiger partial charge in [-0.3, -0.25) is 0 Å². The maximum absolute atomic E-state index is 4.84. The van der Waals surface area contributed by atoms with E-state index < -0.39 is 0 Å². The van der Waals surface area contributed by atoms with Gasteiger partial charge in [0.05, 0.1) is 16.7 Å². The van der Waals surface area contributed by atoms with Crippen LogP contribution in [0.5, 0.6) is 0 Å². The van der Waals surface area contributed by atoms with Crippen molar-refractivity contribution in [3.63, 3.8) is 0 Å². The number of nitrogens with one attached hydrogen (secondary N) is 1. The van der Waals surface area contributed by atoms with Crippen LogP contribution < -0.4 is 10.2 Å². The van der Waals surface area contributed by atoms with Crippen LogP contribution >= 0.6 is 0 Å². The summed E-state index contributed by atoms with van der Waals surface area (Å²) in [5.74, 6) is 1.03. The second-order valence-electron chi connectivity index (χ2n) is 6.03. The lowest BCUT2D eigenvalue weighted by Crippen LogP contribution is -2.40. The van der Waals surface area contributed by atoms with Gasteiger partial charge < -0.3 is 10.2 Å². The number of benzene rings is 1. The molecule has 0 saturated heterocycles. The molecule has 0 unspecified atom stereocenters. The molecule has 0 spiro atoms. The van der Waals surface area contributed by atoms with Crippen LogP contribution in [0.4, 0.5) is 5.82 Å². The number of fused-ring (bicyclic) bond motifs is 1. The molecular formula is C17H24N4. The summed E-state index contributed by atoms with van der Waals surface area (Å²) in [6.45, 7) is 2.06. The Balaban J connectivity index is 1.84. The highest BCUT2D eigenvalue weighted by atomic mass is 15.2. The molecule has 3 rings (SSSR count). The molecule has 0 aliphatic heterocycles. The van der Waals surface area contributed by atoms with Crippen molar-refractivity contribution in [1.29, 1.82) is 0 Å². The van der Waals surface area contributed by atoms with E-state index in [1.54, 1.807) is 0 Å². The van der Waals surface area contributed by atoms with E-state index >= 15 is 0 Å². The normalized spacial score (nSPS) is 22.4. The molecule has 1 saturated carbocycles. The molecule has 0 radical (unpaired) electrons. The number of hydrogen-bond acceptors (Lipinski definition) is 4. The molecule has 4 heteroatoms. The van der Waals surface area contributed by atoms with Crippen LogP contribution in [0.2, 0.25) is 0 Å². The van der Waals surface area contributed by atoms with Crippen LogP contribution in [0.15, 0.2) is 24.3 Å². The lowest BCUT2D eigenvalue weighted by molar-refractivity contribution is 0.350. The number of nitrogens with zero attached hydrogens (tertiary/aromatic N) is 3. The molecule has 0 amide bonds. The van der Waals surface area contributed by atoms with E-state index in [-0.39, 0.29) is 0 Å². The summed E-state index contributed by atoms with van der Waals surface area (Å²) in [6, 6.07) is 9.35. The highest BCUT2D eigenvalue weighted by molar-refractivity contribution is 5.76. The van der Waals surface area contributed by atoms with Crippen molar-refractivity contribution in [2.24, 2.45) is 0 Å². The Morgan fingerprint density at radius 3 is 2.29 bits per heavy atom. The summed E-state index contributed by atoms with van der Waals surface area (Å²) < 4.78 is 0. The second-order valence-corrected chi connectivity index (χ2v) is 6.03. The van der Waals surface area contributed by atoms with Crippen molar-refractivity contribution >= 4 is 16.9 Å². The fraction of sp³-hybridized carbons (Fsp3) is 0.529. The summed E-state index contributed by atoms with van der Waals surface area (Å²) >= 11 is 0. The van der Waals surface area contributed by atoms with Crippen LogP contribution in [0.25, 0.3) is 11.0 Å². The highest BCUT2D eigenvalue weighted by Gasteiger charge is 2.25. The molecule has 1 aliphatic rings. The van der Waals surface area contributed by atoms with E-state index in [2.05, 4.69) is 31.2 Å². The van der Waals surface area contributed by atoms with Gasteiger partial charge in [-0.2, -0.15) is 0 Å². The smallest absolute Gasteiger partial charge is 0.150 e. The van der Waals surface area contributed by atoms with Gasteiger partial charge in [-0.05, 0) is 51.8 Å². The van der Waals surface area contributed by atoms with Crippen LogP contribution in [-0.2, 0) is 0 Å². The van der Waals surface area contributed by atoms with Gasteiger partial charge in [0.1, 0.15) is 0 Å². The van der Waals surface area contributed by atoms with Crippen molar-refractivity contribution in [2.75, 3.05) is 19.0 Å². The van der Waals surface area contributed by atoms with Gasteiger partial charge in [-0.25, -0.2) is 9.97 Å². The molecule has 112 valence electrons. The van der Waals surface area contributed by atoms with E-state index in [0.29, 0.717) is 12.1 Å². The molecule has 21 heavy (non-hydrogen) atoms. The van der Waals surface area contributed by atoms with Gasteiger partial charge in [0.25, 0.3) is 0 Å². The van der Waals surface area contributed by atoms with Crippen LogP contribution in [-0.4, -0.2) is 36.1 Å². The van der Waals surface area contributed by atoms with Gasteiger partial charge >= 0.3 is 0 Å². The zero-order valence-electron chi connectivity index (χ0n) is 13.1. The third-order valence-corrected chi connectivity index (χ3v) is 4.71. The van der Waals surface area contributed by atoms with E-state index in [1.807, 2.05) is 24.3 Å². The number of anilines is 1. The minimum Gasteiger partial charge on any atom is -0.355 e. The summed E-state index contributed by atoms with van der Waals surface area (Å²) in [4.78, 5) is 11.9. The molecule has 1 heterocycles. The van der Waals surface area contributed by atoms with E-state index in [0.717, 1.165) is 22.5 Å². The van der Waals surface area contributed by atoms with E-state index in [4.69, 9.17) is 9.97 Å². The Morgan fingerprint density at radius 2 is 1.67 bits per heavy atom. The fourth-order valence-electron chi connectivity index (χ4n) is 3.34. The maximum atomic E-state index is 4.84. The quantitative estimate of drug-likeness (QED) is 0.941. The lowest BCUT2D eigenvalue weighted by Gasteiger charge is -2.35. The van der Waals surface area contributed by atoms with Gasteiger partial charge in [0.2, 0.25) is 0 Å². The summed E-state index contributed by atoms with van der Waals surface area (Å²) in [5, 5.41) is 3.39. The standard InChI is InChI=1S/C17H24N4/c1-12-17(20-16-7-5-4-6-15(16)19-12)21(3)14-10-8-13(18-2)9-11-14/h4-7,13-14,18H,8-11H2,1-3H3. The first-order chi connectivity index (χ1) is 10.2. The molecule has 1 N–H and O–H groups in total. The average molecular weight is 284 g/mol. The van der Waals surface area contributed by atoms with E-state index in [1.165, 1.54) is 25.7 Å². The maximum Gasteiger partial charge on any atom is 0.150 e. The molecule has 4 nitrogen and oxygen atoms in total. The van der Waals surface area contributed by atoms with Crippen molar-refractivity contribution in [3.05, 3.63) is 30.0 Å². The van der Waals surface area contributed by atoms with Gasteiger partial charge in [0.15, 0.2) is 5.82 Å². The Labute approximate surface area is 126 Å². The first-order valence-corrected chi connectivity index (χ1v) is 7.82. The molecule has 1 aromatic heterocycles. The summed E-state index contributed by atoms with van der Waals surface area (Å²) in [7, 11) is 4.23. The predicted octanol–water partition coefficient (Wildman–Crippen LogP) is 2.91. The van der Waals surface area contributed by atoms with Crippen LogP contribution in [0.3, 0.4) is 0 Å². The Bertz CT molecular complexity index is 617. The SMILES string of the molecule is CNC1CCC(N(C)c2nc3ccccc3nc2C)CC1. The molecule has 0 atom stereocenters. The van der Waals surface area contributed by atoms with Gasteiger partial charge in [0, 0.05) is 19.1 Å². The van der Waals surface area contributed by atoms with Gasteiger partial charge in [-0.1, -0.05) is 12.1 Å². The molecule has 0 bridgehead atoms. The molecule has 1 aromatic carbocycles. The third kappa shape index (κ3) is 2.86. The fourth-order valence-corrected chi connectivity index (χ4v) is 3.34. The van der Waals surface area contributed by atoms with Crippen molar-refractivity contribution in [2.45, 2.75) is 44.7 Å². The molecule has 1 aliphatic carbocycles. The number of rotatable bonds is 3. The Hall–Kier alpha value is -1.68.